The van der Waals surface area contributed by atoms with Gasteiger partial charge in [0.2, 0.25) is 5.91 Å². The molecular weight excluding hydrogens is 174 g/mol. The average Bonchev–Trinajstić information content (AvgIpc) is 2.35. The van der Waals surface area contributed by atoms with E-state index in [0.29, 0.717) is 6.04 Å². The molecule has 0 bridgehead atoms. The molecule has 68 valence electrons. The molecule has 1 aliphatic rings. The Morgan fingerprint density at radius 1 is 1.92 bits per heavy atom. The van der Waals surface area contributed by atoms with Crippen molar-refractivity contribution in [2.24, 2.45) is 10.7 Å². The zero-order valence-corrected chi connectivity index (χ0v) is 8.02. The van der Waals surface area contributed by atoms with Crippen LogP contribution >= 0.6 is 11.8 Å². The standard InChI is InChI=1S/C7H13N3OS/c1-4-3-12-7(9-4)10-5(2)6(8)11/h4-5H,3H2,1-2H3,(H2,8,11)(H,9,10). The first-order chi connectivity index (χ1) is 5.59. The summed E-state index contributed by atoms with van der Waals surface area (Å²) in [7, 11) is 0. The quantitative estimate of drug-likeness (QED) is 0.636. The van der Waals surface area contributed by atoms with E-state index in [1.165, 1.54) is 0 Å². The zero-order valence-electron chi connectivity index (χ0n) is 7.20. The highest BCUT2D eigenvalue weighted by Gasteiger charge is 2.17. The number of nitrogens with one attached hydrogen (secondary N) is 1. The minimum atomic E-state index is -0.349. The molecule has 0 saturated carbocycles. The lowest BCUT2D eigenvalue weighted by atomic mass is 10.3. The third kappa shape index (κ3) is 2.41. The highest BCUT2D eigenvalue weighted by molar-refractivity contribution is 8.14. The first kappa shape index (κ1) is 9.38. The largest absolute Gasteiger partial charge is 0.368 e. The maximum absolute atomic E-state index is 10.7. The fraction of sp³-hybridized carbons (Fsp3) is 0.714. The van der Waals surface area contributed by atoms with Crippen molar-refractivity contribution in [3.05, 3.63) is 0 Å². The van der Waals surface area contributed by atoms with Crippen LogP contribution in [0.15, 0.2) is 4.99 Å². The van der Waals surface area contributed by atoms with E-state index in [1.807, 2.05) is 6.92 Å². The van der Waals surface area contributed by atoms with Gasteiger partial charge in [-0.15, -0.1) is 0 Å². The Morgan fingerprint density at radius 2 is 2.58 bits per heavy atom. The molecule has 2 atom stereocenters. The van der Waals surface area contributed by atoms with Crippen molar-refractivity contribution in [3.8, 4) is 0 Å². The van der Waals surface area contributed by atoms with Crippen molar-refractivity contribution in [2.45, 2.75) is 25.9 Å². The number of carbonyl (C=O) groups excluding carboxylic acids is 1. The Bertz CT molecular complexity index is 217. The molecule has 0 saturated heterocycles. The van der Waals surface area contributed by atoms with Crippen LogP contribution in [0.4, 0.5) is 0 Å². The predicted octanol–water partition coefficient (Wildman–Crippen LogP) is -0.0589. The number of thioether (sulfide) groups is 1. The smallest absolute Gasteiger partial charge is 0.239 e. The van der Waals surface area contributed by atoms with Crippen molar-refractivity contribution < 1.29 is 4.79 Å². The lowest BCUT2D eigenvalue weighted by Gasteiger charge is -2.09. The molecule has 1 rings (SSSR count). The highest BCUT2D eigenvalue weighted by Crippen LogP contribution is 2.15. The van der Waals surface area contributed by atoms with Crippen molar-refractivity contribution in [1.29, 1.82) is 0 Å². The average molecular weight is 187 g/mol. The number of nitrogens with zero attached hydrogens (tertiary/aromatic N) is 1. The maximum Gasteiger partial charge on any atom is 0.239 e. The van der Waals surface area contributed by atoms with Gasteiger partial charge in [0.1, 0.15) is 6.04 Å². The molecule has 0 aromatic heterocycles. The van der Waals surface area contributed by atoms with Crippen LogP contribution in [-0.2, 0) is 4.79 Å². The van der Waals surface area contributed by atoms with Crippen LogP contribution < -0.4 is 11.1 Å². The molecule has 2 unspecified atom stereocenters. The number of amides is 1. The third-order valence-corrected chi connectivity index (χ3v) is 2.71. The number of aliphatic imine (C=N–C) groups is 1. The Balaban J connectivity index is 2.41. The molecular formula is C7H13N3OS. The lowest BCUT2D eigenvalue weighted by molar-refractivity contribution is -0.119. The van der Waals surface area contributed by atoms with Crippen LogP contribution in [0.25, 0.3) is 0 Å². The van der Waals surface area contributed by atoms with Gasteiger partial charge in [-0.1, -0.05) is 11.8 Å². The van der Waals surface area contributed by atoms with E-state index in [4.69, 9.17) is 5.73 Å². The summed E-state index contributed by atoms with van der Waals surface area (Å²) in [4.78, 5) is 14.9. The van der Waals surface area contributed by atoms with Crippen molar-refractivity contribution in [3.63, 3.8) is 0 Å². The Kier molecular flexibility index (Phi) is 2.97. The lowest BCUT2D eigenvalue weighted by Crippen LogP contribution is -2.40. The molecule has 5 heteroatoms. The van der Waals surface area contributed by atoms with E-state index < -0.39 is 0 Å². The van der Waals surface area contributed by atoms with E-state index >= 15 is 0 Å². The molecule has 0 aliphatic carbocycles. The number of hydrogen-bond donors (Lipinski definition) is 2. The van der Waals surface area contributed by atoms with E-state index in [2.05, 4.69) is 10.3 Å². The first-order valence-corrected chi connectivity index (χ1v) is 4.84. The second kappa shape index (κ2) is 3.80. The van der Waals surface area contributed by atoms with Crippen LogP contribution in [0.2, 0.25) is 0 Å². The molecule has 3 N–H and O–H groups in total. The molecule has 1 amide bonds. The molecule has 0 fully saturated rings. The van der Waals surface area contributed by atoms with Gasteiger partial charge in [-0.3, -0.25) is 9.79 Å². The van der Waals surface area contributed by atoms with Gasteiger partial charge in [0.15, 0.2) is 5.17 Å². The van der Waals surface area contributed by atoms with Gasteiger partial charge in [0.25, 0.3) is 0 Å². The predicted molar refractivity (Wildman–Crippen MR) is 51.1 cm³/mol. The van der Waals surface area contributed by atoms with Crippen LogP contribution in [0.1, 0.15) is 13.8 Å². The van der Waals surface area contributed by atoms with Gasteiger partial charge in [-0.25, -0.2) is 0 Å². The number of primary amides is 1. The summed E-state index contributed by atoms with van der Waals surface area (Å²) in [5, 5.41) is 3.77. The minimum absolute atomic E-state index is 0.332. The Labute approximate surface area is 76.0 Å². The maximum atomic E-state index is 10.7. The Hall–Kier alpha value is -0.710. The molecule has 0 radical (unpaired) electrons. The molecule has 0 aromatic rings. The van der Waals surface area contributed by atoms with Gasteiger partial charge >= 0.3 is 0 Å². The van der Waals surface area contributed by atoms with Crippen molar-refractivity contribution in [1.82, 2.24) is 5.32 Å². The summed E-state index contributed by atoms with van der Waals surface area (Å²) in [6.45, 7) is 3.77. The fourth-order valence-electron chi connectivity index (χ4n) is 0.810. The van der Waals surface area contributed by atoms with E-state index in [9.17, 15) is 4.79 Å². The fourth-order valence-corrected chi connectivity index (χ4v) is 1.80. The summed E-state index contributed by atoms with van der Waals surface area (Å²) < 4.78 is 0. The van der Waals surface area contributed by atoms with Gasteiger partial charge in [-0.05, 0) is 13.8 Å². The summed E-state index contributed by atoms with van der Waals surface area (Å²) in [6.07, 6.45) is 0. The van der Waals surface area contributed by atoms with E-state index in [0.717, 1.165) is 10.9 Å². The van der Waals surface area contributed by atoms with Crippen LogP contribution in [0.3, 0.4) is 0 Å². The molecule has 1 aliphatic heterocycles. The van der Waals surface area contributed by atoms with Gasteiger partial charge in [0.05, 0.1) is 6.04 Å². The molecule has 0 spiro atoms. The number of rotatable bonds is 2. The van der Waals surface area contributed by atoms with Crippen LogP contribution in [0, 0.1) is 0 Å². The monoisotopic (exact) mass is 187 g/mol. The highest BCUT2D eigenvalue weighted by atomic mass is 32.2. The van der Waals surface area contributed by atoms with Crippen molar-refractivity contribution >= 4 is 22.8 Å². The summed E-state index contributed by atoms with van der Waals surface area (Å²) >= 11 is 1.63. The molecule has 1 heterocycles. The molecule has 4 nitrogen and oxygen atoms in total. The summed E-state index contributed by atoms with van der Waals surface area (Å²) in [5.74, 6) is 0.631. The van der Waals surface area contributed by atoms with Gasteiger partial charge in [-0.2, -0.15) is 0 Å². The number of nitrogens with two attached hydrogens (primary N) is 1. The molecule has 12 heavy (non-hydrogen) atoms. The summed E-state index contributed by atoms with van der Waals surface area (Å²) in [5.41, 5.74) is 5.08. The second-order valence-electron chi connectivity index (χ2n) is 2.86. The number of carbonyl (C=O) groups is 1. The third-order valence-electron chi connectivity index (χ3n) is 1.57. The zero-order chi connectivity index (χ0) is 9.14. The van der Waals surface area contributed by atoms with Gasteiger partial charge in [0, 0.05) is 5.75 Å². The van der Waals surface area contributed by atoms with Crippen molar-refractivity contribution in [2.75, 3.05) is 5.75 Å². The van der Waals surface area contributed by atoms with Crippen LogP contribution in [0.5, 0.6) is 0 Å². The van der Waals surface area contributed by atoms with E-state index in [-0.39, 0.29) is 11.9 Å². The summed E-state index contributed by atoms with van der Waals surface area (Å²) in [6, 6.07) is 0.0131. The minimum Gasteiger partial charge on any atom is -0.368 e. The number of hydrogen-bond acceptors (Lipinski definition) is 4. The second-order valence-corrected chi connectivity index (χ2v) is 3.87. The number of amidine groups is 1. The normalized spacial score (nSPS) is 24.8. The SMILES string of the molecule is CC1CSC(NC(C)C(N)=O)=N1. The first-order valence-electron chi connectivity index (χ1n) is 3.86. The topological polar surface area (TPSA) is 67.5 Å². The van der Waals surface area contributed by atoms with Gasteiger partial charge < -0.3 is 11.1 Å². The molecule has 0 aromatic carbocycles. The Morgan fingerprint density at radius 3 is 3.00 bits per heavy atom. The van der Waals surface area contributed by atoms with Crippen LogP contribution in [-0.4, -0.2) is 28.9 Å². The van der Waals surface area contributed by atoms with E-state index in [1.54, 1.807) is 18.7 Å².